The van der Waals surface area contributed by atoms with Crippen molar-refractivity contribution in [2.45, 2.75) is 26.3 Å². The maximum absolute atomic E-state index is 10.8. The Balaban J connectivity index is 1.89. The minimum atomic E-state index is -0.367. The molecule has 106 valence electrons. The SMILES string of the molecule is Cc1nc(CCNC(C)c2cccc([N+](=O)[O-])c2)cs1. The van der Waals surface area contributed by atoms with Crippen molar-refractivity contribution >= 4 is 17.0 Å². The van der Waals surface area contributed by atoms with Gasteiger partial charge in [-0.2, -0.15) is 0 Å². The number of aromatic nitrogens is 1. The van der Waals surface area contributed by atoms with Gasteiger partial charge in [-0.05, 0) is 19.4 Å². The molecule has 1 aromatic heterocycles. The zero-order valence-corrected chi connectivity index (χ0v) is 12.3. The lowest BCUT2D eigenvalue weighted by atomic mass is 10.1. The zero-order chi connectivity index (χ0) is 14.5. The van der Waals surface area contributed by atoms with Crippen LogP contribution in [-0.2, 0) is 6.42 Å². The van der Waals surface area contributed by atoms with Gasteiger partial charge in [-0.25, -0.2) is 4.98 Å². The zero-order valence-electron chi connectivity index (χ0n) is 11.5. The van der Waals surface area contributed by atoms with Gasteiger partial charge in [0, 0.05) is 36.5 Å². The standard InChI is InChI=1S/C14H17N3O2S/c1-10(12-4-3-5-14(8-12)17(18)19)15-7-6-13-9-20-11(2)16-13/h3-5,8-10,15H,6-7H2,1-2H3. The minimum absolute atomic E-state index is 0.0784. The van der Waals surface area contributed by atoms with Crippen LogP contribution in [-0.4, -0.2) is 16.5 Å². The van der Waals surface area contributed by atoms with Gasteiger partial charge in [0.2, 0.25) is 0 Å². The van der Waals surface area contributed by atoms with Crippen LogP contribution in [0.2, 0.25) is 0 Å². The Labute approximate surface area is 121 Å². The summed E-state index contributed by atoms with van der Waals surface area (Å²) in [6.07, 6.45) is 0.865. The summed E-state index contributed by atoms with van der Waals surface area (Å²) in [4.78, 5) is 14.8. The van der Waals surface area contributed by atoms with Crippen molar-refractivity contribution in [1.82, 2.24) is 10.3 Å². The summed E-state index contributed by atoms with van der Waals surface area (Å²) in [7, 11) is 0. The highest BCUT2D eigenvalue weighted by Crippen LogP contribution is 2.19. The molecule has 0 amide bonds. The van der Waals surface area contributed by atoms with Gasteiger partial charge in [0.1, 0.15) is 0 Å². The fourth-order valence-electron chi connectivity index (χ4n) is 1.97. The Morgan fingerprint density at radius 3 is 2.95 bits per heavy atom. The molecule has 20 heavy (non-hydrogen) atoms. The van der Waals surface area contributed by atoms with E-state index in [1.807, 2.05) is 19.9 Å². The molecule has 1 heterocycles. The highest BCUT2D eigenvalue weighted by atomic mass is 32.1. The number of aryl methyl sites for hydroxylation is 1. The average molecular weight is 291 g/mol. The summed E-state index contributed by atoms with van der Waals surface area (Å²) in [5.41, 5.74) is 2.14. The number of non-ortho nitro benzene ring substituents is 1. The van der Waals surface area contributed by atoms with Crippen LogP contribution in [0.3, 0.4) is 0 Å². The fraction of sp³-hybridized carbons (Fsp3) is 0.357. The first-order valence-electron chi connectivity index (χ1n) is 6.45. The predicted octanol–water partition coefficient (Wildman–Crippen LogP) is 3.25. The molecule has 1 atom stereocenters. The van der Waals surface area contributed by atoms with Gasteiger partial charge in [0.15, 0.2) is 0 Å². The van der Waals surface area contributed by atoms with Crippen LogP contribution in [0.4, 0.5) is 5.69 Å². The van der Waals surface area contributed by atoms with E-state index in [4.69, 9.17) is 0 Å². The van der Waals surface area contributed by atoms with E-state index in [1.165, 1.54) is 6.07 Å². The first kappa shape index (κ1) is 14.6. The maximum Gasteiger partial charge on any atom is 0.269 e. The summed E-state index contributed by atoms with van der Waals surface area (Å²) in [5.74, 6) is 0. The second-order valence-corrected chi connectivity index (χ2v) is 5.70. The molecule has 0 radical (unpaired) electrons. The molecule has 2 rings (SSSR count). The minimum Gasteiger partial charge on any atom is -0.310 e. The van der Waals surface area contributed by atoms with Crippen molar-refractivity contribution in [3.63, 3.8) is 0 Å². The summed E-state index contributed by atoms with van der Waals surface area (Å²) in [5, 5.41) is 17.3. The second-order valence-electron chi connectivity index (χ2n) is 4.64. The third-order valence-electron chi connectivity index (χ3n) is 3.08. The number of nitro benzene ring substituents is 1. The van der Waals surface area contributed by atoms with Crippen LogP contribution < -0.4 is 5.32 Å². The highest BCUT2D eigenvalue weighted by molar-refractivity contribution is 7.09. The molecule has 0 aliphatic carbocycles. The van der Waals surface area contributed by atoms with E-state index in [9.17, 15) is 10.1 Å². The predicted molar refractivity (Wildman–Crippen MR) is 80.1 cm³/mol. The number of nitro groups is 1. The Kier molecular flexibility index (Phi) is 4.81. The van der Waals surface area contributed by atoms with Crippen molar-refractivity contribution in [3.8, 4) is 0 Å². The van der Waals surface area contributed by atoms with Crippen LogP contribution in [0.1, 0.15) is 29.2 Å². The first-order valence-corrected chi connectivity index (χ1v) is 7.33. The fourth-order valence-corrected chi connectivity index (χ4v) is 2.61. The molecule has 5 nitrogen and oxygen atoms in total. The number of benzene rings is 1. The molecule has 0 saturated carbocycles. The molecule has 0 saturated heterocycles. The molecule has 2 aromatic rings. The van der Waals surface area contributed by atoms with Gasteiger partial charge >= 0.3 is 0 Å². The maximum atomic E-state index is 10.8. The number of nitrogens with one attached hydrogen (secondary N) is 1. The summed E-state index contributed by atoms with van der Waals surface area (Å²) in [6, 6.07) is 6.82. The first-order chi connectivity index (χ1) is 9.56. The van der Waals surface area contributed by atoms with Crippen molar-refractivity contribution in [1.29, 1.82) is 0 Å². The molecule has 6 heteroatoms. The number of thiazole rings is 1. The largest absolute Gasteiger partial charge is 0.310 e. The quantitative estimate of drug-likeness (QED) is 0.655. The Hall–Kier alpha value is -1.79. The van der Waals surface area contributed by atoms with E-state index in [0.717, 1.165) is 29.2 Å². The molecular formula is C14H17N3O2S. The third kappa shape index (κ3) is 3.85. The molecule has 0 spiro atoms. The lowest BCUT2D eigenvalue weighted by Gasteiger charge is -2.13. The smallest absolute Gasteiger partial charge is 0.269 e. The lowest BCUT2D eigenvalue weighted by molar-refractivity contribution is -0.384. The summed E-state index contributed by atoms with van der Waals surface area (Å²) < 4.78 is 0. The Morgan fingerprint density at radius 2 is 2.30 bits per heavy atom. The van der Waals surface area contributed by atoms with Gasteiger partial charge in [-0.15, -0.1) is 11.3 Å². The van der Waals surface area contributed by atoms with E-state index < -0.39 is 0 Å². The monoisotopic (exact) mass is 291 g/mol. The number of hydrogen-bond acceptors (Lipinski definition) is 5. The molecule has 1 aromatic carbocycles. The van der Waals surface area contributed by atoms with E-state index in [-0.39, 0.29) is 16.7 Å². The van der Waals surface area contributed by atoms with Gasteiger partial charge < -0.3 is 5.32 Å². The normalized spacial score (nSPS) is 12.3. The third-order valence-corrected chi connectivity index (χ3v) is 3.90. The topological polar surface area (TPSA) is 68.1 Å². The number of nitrogens with zero attached hydrogens (tertiary/aromatic N) is 2. The van der Waals surface area contributed by atoms with Gasteiger partial charge in [-0.3, -0.25) is 10.1 Å². The highest BCUT2D eigenvalue weighted by Gasteiger charge is 2.10. The van der Waals surface area contributed by atoms with E-state index in [1.54, 1.807) is 23.5 Å². The second kappa shape index (κ2) is 6.58. The Bertz CT molecular complexity index is 598. The summed E-state index contributed by atoms with van der Waals surface area (Å²) >= 11 is 1.65. The van der Waals surface area contributed by atoms with Crippen molar-refractivity contribution in [2.75, 3.05) is 6.54 Å². The van der Waals surface area contributed by atoms with Crippen molar-refractivity contribution < 1.29 is 4.92 Å². The molecule has 0 aliphatic rings. The van der Waals surface area contributed by atoms with E-state index in [2.05, 4.69) is 15.7 Å². The molecule has 0 aliphatic heterocycles. The summed E-state index contributed by atoms with van der Waals surface area (Å²) in [6.45, 7) is 4.80. The Morgan fingerprint density at radius 1 is 1.50 bits per heavy atom. The van der Waals surface area contributed by atoms with Crippen LogP contribution in [0.5, 0.6) is 0 Å². The van der Waals surface area contributed by atoms with Gasteiger partial charge in [0.05, 0.1) is 15.6 Å². The molecule has 1 N–H and O–H groups in total. The van der Waals surface area contributed by atoms with Crippen molar-refractivity contribution in [3.05, 3.63) is 56.0 Å². The average Bonchev–Trinajstić information content (AvgIpc) is 2.84. The molecular weight excluding hydrogens is 274 g/mol. The molecule has 0 fully saturated rings. The van der Waals surface area contributed by atoms with E-state index >= 15 is 0 Å². The van der Waals surface area contributed by atoms with Gasteiger partial charge in [-0.1, -0.05) is 12.1 Å². The number of hydrogen-bond donors (Lipinski definition) is 1. The molecule has 1 unspecified atom stereocenters. The molecule has 0 bridgehead atoms. The number of rotatable bonds is 6. The van der Waals surface area contributed by atoms with Gasteiger partial charge in [0.25, 0.3) is 5.69 Å². The van der Waals surface area contributed by atoms with E-state index in [0.29, 0.717) is 0 Å². The van der Waals surface area contributed by atoms with Crippen LogP contribution in [0, 0.1) is 17.0 Å². The van der Waals surface area contributed by atoms with Crippen LogP contribution in [0.15, 0.2) is 29.6 Å². The van der Waals surface area contributed by atoms with Crippen LogP contribution in [0.25, 0.3) is 0 Å². The lowest BCUT2D eigenvalue weighted by Crippen LogP contribution is -2.21. The van der Waals surface area contributed by atoms with Crippen LogP contribution >= 0.6 is 11.3 Å². The van der Waals surface area contributed by atoms with Crippen molar-refractivity contribution in [2.24, 2.45) is 0 Å².